The minimum atomic E-state index is -1.47. The van der Waals surface area contributed by atoms with Crippen LogP contribution in [0.4, 0.5) is 0 Å². The van der Waals surface area contributed by atoms with E-state index in [9.17, 15) is 30.6 Å². The summed E-state index contributed by atoms with van der Waals surface area (Å²) in [6.45, 7) is -0.259. The summed E-state index contributed by atoms with van der Waals surface area (Å²) in [5, 5.41) is 58.0. The molecule has 7 heteroatoms. The molecule has 0 radical (unpaired) electrons. The third-order valence-corrected chi connectivity index (χ3v) is 5.08. The Hall–Kier alpha value is 0.110. The van der Waals surface area contributed by atoms with Gasteiger partial charge in [0.1, 0.15) is 12.2 Å². The van der Waals surface area contributed by atoms with Crippen LogP contribution in [0.25, 0.3) is 0 Å². The molecule has 0 amide bonds. The molecule has 0 bridgehead atoms. The van der Waals surface area contributed by atoms with Crippen molar-refractivity contribution in [1.29, 1.82) is 0 Å². The largest absolute Gasteiger partial charge is 0.396 e. The maximum absolute atomic E-state index is 10.0. The van der Waals surface area contributed by atoms with Gasteiger partial charge in [-0.2, -0.15) is 12.6 Å². The number of thiol groups is 1. The minimum Gasteiger partial charge on any atom is -0.396 e. The molecule has 2 aliphatic carbocycles. The first-order valence-electron chi connectivity index (χ1n) is 6.09. The van der Waals surface area contributed by atoms with E-state index in [2.05, 4.69) is 12.6 Å². The first kappa shape index (κ1) is 14.5. The Morgan fingerprint density at radius 1 is 0.833 bits per heavy atom. The van der Waals surface area contributed by atoms with Gasteiger partial charge in [0.15, 0.2) is 0 Å². The lowest BCUT2D eigenvalue weighted by atomic mass is 9.60. The molecule has 0 unspecified atom stereocenters. The van der Waals surface area contributed by atoms with Crippen molar-refractivity contribution < 1.29 is 30.6 Å². The van der Waals surface area contributed by atoms with Gasteiger partial charge in [-0.1, -0.05) is 0 Å². The van der Waals surface area contributed by atoms with E-state index in [0.717, 1.165) is 0 Å². The van der Waals surface area contributed by atoms with Gasteiger partial charge < -0.3 is 30.6 Å². The fourth-order valence-electron chi connectivity index (χ4n) is 3.40. The normalized spacial score (nSPS) is 57.2. The predicted molar refractivity (Wildman–Crippen MR) is 65.0 cm³/mol. The van der Waals surface area contributed by atoms with Crippen molar-refractivity contribution in [1.82, 2.24) is 0 Å². The Labute approximate surface area is 110 Å². The molecule has 0 aromatic heterocycles. The van der Waals surface area contributed by atoms with Crippen LogP contribution in [0.2, 0.25) is 0 Å². The molecule has 0 heterocycles. The van der Waals surface area contributed by atoms with E-state index in [1.54, 1.807) is 0 Å². The van der Waals surface area contributed by atoms with E-state index in [-0.39, 0.29) is 13.0 Å². The average Bonchev–Trinajstić information content (AvgIpc) is 2.36. The number of rotatable bonds is 1. The van der Waals surface area contributed by atoms with Crippen LogP contribution >= 0.6 is 12.6 Å². The molecule has 2 aliphatic rings. The standard InChI is InChI=1S/C11H20O6S/c12-2-3-1-4(13)11(18)6-5(3)7(14)9(16)10(17)8(6)15/h3-18H,1-2H2/t3-,4+,5-,6+,7-,8-,9+,10+,11-/m1/s1. The van der Waals surface area contributed by atoms with Crippen LogP contribution in [0.1, 0.15) is 6.42 Å². The first-order valence-corrected chi connectivity index (χ1v) is 6.61. The van der Waals surface area contributed by atoms with E-state index in [1.165, 1.54) is 0 Å². The highest BCUT2D eigenvalue weighted by Crippen LogP contribution is 2.46. The SMILES string of the molecule is OC[C@H]1C[C@H](O)[C@@H](S)[C@@H]2[C@@H](O)[C@H](O)[C@@H](O)[C@H](O)[C@H]12. The molecule has 18 heavy (non-hydrogen) atoms. The number of fused-ring (bicyclic) bond motifs is 1. The van der Waals surface area contributed by atoms with E-state index < -0.39 is 53.5 Å². The van der Waals surface area contributed by atoms with Gasteiger partial charge >= 0.3 is 0 Å². The smallest absolute Gasteiger partial charge is 0.109 e. The van der Waals surface area contributed by atoms with Crippen LogP contribution in [0, 0.1) is 17.8 Å². The molecule has 0 aromatic carbocycles. The lowest BCUT2D eigenvalue weighted by Crippen LogP contribution is -2.65. The van der Waals surface area contributed by atoms with Crippen molar-refractivity contribution in [3.8, 4) is 0 Å². The predicted octanol–water partition coefficient (Wildman–Crippen LogP) is -2.65. The quantitative estimate of drug-likeness (QED) is 0.263. The minimum absolute atomic E-state index is 0.248. The van der Waals surface area contributed by atoms with Crippen LogP contribution in [0.5, 0.6) is 0 Å². The van der Waals surface area contributed by atoms with Crippen molar-refractivity contribution in [2.24, 2.45) is 17.8 Å². The molecule has 9 atom stereocenters. The maximum Gasteiger partial charge on any atom is 0.109 e. The number of hydrogen-bond donors (Lipinski definition) is 7. The second kappa shape index (κ2) is 5.24. The zero-order valence-electron chi connectivity index (χ0n) is 9.74. The summed E-state index contributed by atoms with van der Waals surface area (Å²) < 4.78 is 0. The third kappa shape index (κ3) is 2.07. The van der Waals surface area contributed by atoms with E-state index in [4.69, 9.17) is 0 Å². The molecule has 6 nitrogen and oxygen atoms in total. The Bertz CT molecular complexity index is 287. The summed E-state index contributed by atoms with van der Waals surface area (Å²) in [6, 6.07) is 0. The van der Waals surface area contributed by atoms with Crippen LogP contribution in [0.3, 0.4) is 0 Å². The van der Waals surface area contributed by atoms with Gasteiger partial charge in [0.25, 0.3) is 0 Å². The Balaban J connectivity index is 2.33. The summed E-state index contributed by atoms with van der Waals surface area (Å²) in [5.41, 5.74) is 0. The Kier molecular flexibility index (Phi) is 4.23. The molecule has 0 spiro atoms. The average molecular weight is 280 g/mol. The zero-order valence-corrected chi connectivity index (χ0v) is 10.6. The van der Waals surface area contributed by atoms with Gasteiger partial charge in [0, 0.05) is 17.8 Å². The van der Waals surface area contributed by atoms with Crippen LogP contribution in [-0.2, 0) is 0 Å². The molecule has 2 saturated carbocycles. The second-order valence-electron chi connectivity index (χ2n) is 5.35. The van der Waals surface area contributed by atoms with E-state index >= 15 is 0 Å². The molecular weight excluding hydrogens is 260 g/mol. The second-order valence-corrected chi connectivity index (χ2v) is 5.95. The molecule has 2 fully saturated rings. The first-order chi connectivity index (χ1) is 8.40. The molecule has 6 N–H and O–H groups in total. The van der Waals surface area contributed by atoms with Gasteiger partial charge in [-0.05, 0) is 18.3 Å². The summed E-state index contributed by atoms with van der Waals surface area (Å²) >= 11 is 4.23. The fraction of sp³-hybridized carbons (Fsp3) is 1.00. The highest BCUT2D eigenvalue weighted by Gasteiger charge is 2.56. The van der Waals surface area contributed by atoms with Gasteiger partial charge in [0.05, 0.1) is 18.3 Å². The number of hydrogen-bond acceptors (Lipinski definition) is 7. The van der Waals surface area contributed by atoms with Crippen molar-refractivity contribution >= 4 is 12.6 Å². The van der Waals surface area contributed by atoms with Gasteiger partial charge in [-0.25, -0.2) is 0 Å². The molecule has 106 valence electrons. The Morgan fingerprint density at radius 3 is 1.83 bits per heavy atom. The summed E-state index contributed by atoms with van der Waals surface area (Å²) in [4.78, 5) is 0. The summed E-state index contributed by atoms with van der Waals surface area (Å²) in [7, 11) is 0. The highest BCUT2D eigenvalue weighted by atomic mass is 32.1. The van der Waals surface area contributed by atoms with Gasteiger partial charge in [-0.3, -0.25) is 0 Å². The maximum atomic E-state index is 10.0. The monoisotopic (exact) mass is 280 g/mol. The third-order valence-electron chi connectivity index (χ3n) is 4.39. The van der Waals surface area contributed by atoms with Gasteiger partial charge in [-0.15, -0.1) is 0 Å². The summed E-state index contributed by atoms with van der Waals surface area (Å²) in [6.07, 6.45) is -6.02. The summed E-state index contributed by atoms with van der Waals surface area (Å²) in [5.74, 6) is -1.68. The van der Waals surface area contributed by atoms with Crippen LogP contribution < -0.4 is 0 Å². The molecular formula is C11H20O6S. The van der Waals surface area contributed by atoms with E-state index in [0.29, 0.717) is 0 Å². The molecule has 0 aliphatic heterocycles. The van der Waals surface area contributed by atoms with Crippen molar-refractivity contribution in [2.75, 3.05) is 6.61 Å². The van der Waals surface area contributed by atoms with Crippen molar-refractivity contribution in [2.45, 2.75) is 42.2 Å². The molecule has 0 aromatic rings. The topological polar surface area (TPSA) is 121 Å². The molecule has 0 saturated heterocycles. The number of aliphatic hydroxyl groups is 6. The lowest BCUT2D eigenvalue weighted by molar-refractivity contribution is -0.210. The fourth-order valence-corrected chi connectivity index (χ4v) is 3.89. The van der Waals surface area contributed by atoms with E-state index in [1.807, 2.05) is 0 Å². The number of aliphatic hydroxyl groups excluding tert-OH is 6. The zero-order chi connectivity index (χ0) is 13.6. The Morgan fingerprint density at radius 2 is 1.33 bits per heavy atom. The lowest BCUT2D eigenvalue weighted by Gasteiger charge is -2.53. The van der Waals surface area contributed by atoms with Crippen LogP contribution in [0.15, 0.2) is 0 Å². The van der Waals surface area contributed by atoms with Crippen molar-refractivity contribution in [3.63, 3.8) is 0 Å². The highest BCUT2D eigenvalue weighted by molar-refractivity contribution is 7.81. The molecule has 2 rings (SSSR count). The van der Waals surface area contributed by atoms with Gasteiger partial charge in [0.2, 0.25) is 0 Å². The van der Waals surface area contributed by atoms with Crippen molar-refractivity contribution in [3.05, 3.63) is 0 Å². The van der Waals surface area contributed by atoms with Crippen LogP contribution in [-0.4, -0.2) is 73.0 Å².